The highest BCUT2D eigenvalue weighted by Gasteiger charge is 2.14. The average molecular weight is 265 g/mol. The molecule has 2 aromatic heterocycles. The lowest BCUT2D eigenvalue weighted by atomic mass is 10.1. The number of rotatable bonds is 3. The second-order valence-corrected chi connectivity index (χ2v) is 4.81. The highest BCUT2D eigenvalue weighted by Crippen LogP contribution is 2.19. The van der Waals surface area contributed by atoms with Gasteiger partial charge in [0.25, 0.3) is 0 Å². The van der Waals surface area contributed by atoms with Crippen molar-refractivity contribution in [3.05, 3.63) is 65.2 Å². The number of pyridine rings is 1. The number of ketones is 1. The van der Waals surface area contributed by atoms with E-state index in [1.807, 2.05) is 44.2 Å². The lowest BCUT2D eigenvalue weighted by Crippen LogP contribution is -1.99. The molecule has 0 amide bonds. The first-order valence-electron chi connectivity index (χ1n) is 6.68. The van der Waals surface area contributed by atoms with Crippen molar-refractivity contribution in [2.75, 3.05) is 0 Å². The summed E-state index contributed by atoms with van der Waals surface area (Å²) >= 11 is 0. The van der Waals surface area contributed by atoms with E-state index in [0.717, 1.165) is 28.8 Å². The van der Waals surface area contributed by atoms with Crippen LogP contribution in [0.15, 0.2) is 46.9 Å². The molecule has 0 aliphatic carbocycles. The fourth-order valence-electron chi connectivity index (χ4n) is 2.20. The maximum atomic E-state index is 12.4. The van der Waals surface area contributed by atoms with Gasteiger partial charge in [0.2, 0.25) is 5.78 Å². The Morgan fingerprint density at radius 3 is 2.75 bits per heavy atom. The Morgan fingerprint density at radius 2 is 2.00 bits per heavy atom. The molecular formula is C17H15NO2. The van der Waals surface area contributed by atoms with E-state index in [1.165, 1.54) is 0 Å². The molecule has 0 unspecified atom stereocenters. The third-order valence-electron chi connectivity index (χ3n) is 3.32. The molecule has 0 aliphatic heterocycles. The van der Waals surface area contributed by atoms with Crippen molar-refractivity contribution in [3.8, 4) is 0 Å². The van der Waals surface area contributed by atoms with E-state index in [-0.39, 0.29) is 5.78 Å². The van der Waals surface area contributed by atoms with Gasteiger partial charge < -0.3 is 4.42 Å². The molecule has 0 fully saturated rings. The summed E-state index contributed by atoms with van der Waals surface area (Å²) in [6, 6.07) is 13.0. The Bertz CT molecular complexity index is 787. The third-order valence-corrected chi connectivity index (χ3v) is 3.32. The van der Waals surface area contributed by atoms with Gasteiger partial charge >= 0.3 is 0 Å². The molecule has 0 bridgehead atoms. The number of carbonyl (C=O) groups excluding carboxylic acids is 1. The lowest BCUT2D eigenvalue weighted by molar-refractivity contribution is 0.101. The molecule has 3 aromatic rings. The fraction of sp³-hybridized carbons (Fsp3) is 0.176. The molecule has 3 nitrogen and oxygen atoms in total. The van der Waals surface area contributed by atoms with Gasteiger partial charge in [0.15, 0.2) is 5.76 Å². The van der Waals surface area contributed by atoms with Gasteiger partial charge in [-0.2, -0.15) is 0 Å². The van der Waals surface area contributed by atoms with E-state index in [4.69, 9.17) is 4.42 Å². The quantitative estimate of drug-likeness (QED) is 0.674. The minimum Gasteiger partial charge on any atom is -0.458 e. The van der Waals surface area contributed by atoms with Crippen LogP contribution < -0.4 is 0 Å². The first-order valence-corrected chi connectivity index (χ1v) is 6.68. The monoisotopic (exact) mass is 265 g/mol. The van der Waals surface area contributed by atoms with Gasteiger partial charge in [0.05, 0.1) is 5.52 Å². The number of carbonyl (C=O) groups is 1. The molecule has 0 radical (unpaired) electrons. The molecule has 20 heavy (non-hydrogen) atoms. The topological polar surface area (TPSA) is 43.1 Å². The van der Waals surface area contributed by atoms with Crippen molar-refractivity contribution in [1.82, 2.24) is 4.98 Å². The summed E-state index contributed by atoms with van der Waals surface area (Å²) in [6.07, 6.45) is 0.786. The molecule has 100 valence electrons. The molecule has 3 rings (SSSR count). The standard InChI is InChI=1S/C17H15NO2/c1-3-14-7-9-16(20-14)17(19)13-6-8-15-12(10-13)5-4-11(2)18-15/h4-10H,3H2,1-2H3. The lowest BCUT2D eigenvalue weighted by Gasteiger charge is -2.02. The van der Waals surface area contributed by atoms with Crippen molar-refractivity contribution < 1.29 is 9.21 Å². The molecule has 2 heterocycles. The maximum Gasteiger partial charge on any atom is 0.228 e. The summed E-state index contributed by atoms with van der Waals surface area (Å²) in [7, 11) is 0. The SMILES string of the molecule is CCc1ccc(C(=O)c2ccc3nc(C)ccc3c2)o1. The van der Waals surface area contributed by atoms with Crippen LogP contribution in [0.4, 0.5) is 0 Å². The normalized spacial score (nSPS) is 10.9. The minimum absolute atomic E-state index is 0.0906. The largest absolute Gasteiger partial charge is 0.458 e. The third kappa shape index (κ3) is 2.23. The number of hydrogen-bond donors (Lipinski definition) is 0. The van der Waals surface area contributed by atoms with Gasteiger partial charge in [-0.15, -0.1) is 0 Å². The van der Waals surface area contributed by atoms with Crippen molar-refractivity contribution >= 4 is 16.7 Å². The minimum atomic E-state index is -0.0906. The van der Waals surface area contributed by atoms with E-state index >= 15 is 0 Å². The summed E-state index contributed by atoms with van der Waals surface area (Å²) in [5.74, 6) is 1.12. The molecular weight excluding hydrogens is 250 g/mol. The number of aryl methyl sites for hydroxylation is 2. The van der Waals surface area contributed by atoms with Crippen LogP contribution in [0.25, 0.3) is 10.9 Å². The van der Waals surface area contributed by atoms with Crippen molar-refractivity contribution in [1.29, 1.82) is 0 Å². The van der Waals surface area contributed by atoms with E-state index in [1.54, 1.807) is 12.1 Å². The predicted molar refractivity (Wildman–Crippen MR) is 78.0 cm³/mol. The molecule has 3 heteroatoms. The van der Waals surface area contributed by atoms with Crippen molar-refractivity contribution in [2.45, 2.75) is 20.3 Å². The molecule has 0 aliphatic rings. The summed E-state index contributed by atoms with van der Waals surface area (Å²) < 4.78 is 5.52. The summed E-state index contributed by atoms with van der Waals surface area (Å²) in [6.45, 7) is 3.95. The molecule has 0 spiro atoms. The average Bonchev–Trinajstić information content (AvgIpc) is 2.95. The van der Waals surface area contributed by atoms with Crippen molar-refractivity contribution in [2.24, 2.45) is 0 Å². The number of furan rings is 1. The van der Waals surface area contributed by atoms with Crippen LogP contribution in [0.5, 0.6) is 0 Å². The number of hydrogen-bond acceptors (Lipinski definition) is 3. The smallest absolute Gasteiger partial charge is 0.228 e. The number of fused-ring (bicyclic) bond motifs is 1. The van der Waals surface area contributed by atoms with Gasteiger partial charge in [-0.05, 0) is 43.3 Å². The number of nitrogens with zero attached hydrogens (tertiary/aromatic N) is 1. The highest BCUT2D eigenvalue weighted by atomic mass is 16.3. The molecule has 0 saturated carbocycles. The zero-order chi connectivity index (χ0) is 14.1. The summed E-state index contributed by atoms with van der Waals surface area (Å²) in [5.41, 5.74) is 2.49. The maximum absolute atomic E-state index is 12.4. The fourth-order valence-corrected chi connectivity index (χ4v) is 2.20. The van der Waals surface area contributed by atoms with Crippen LogP contribution in [-0.4, -0.2) is 10.8 Å². The Morgan fingerprint density at radius 1 is 1.15 bits per heavy atom. The van der Waals surface area contributed by atoms with Gasteiger partial charge in [0, 0.05) is 23.1 Å². The van der Waals surface area contributed by atoms with E-state index in [9.17, 15) is 4.79 Å². The Kier molecular flexibility index (Phi) is 3.11. The van der Waals surface area contributed by atoms with Crippen LogP contribution in [0, 0.1) is 6.92 Å². The molecule has 0 saturated heterocycles. The van der Waals surface area contributed by atoms with Gasteiger partial charge in [-0.1, -0.05) is 13.0 Å². The second-order valence-electron chi connectivity index (χ2n) is 4.81. The Hall–Kier alpha value is -2.42. The Balaban J connectivity index is 2.01. The van der Waals surface area contributed by atoms with Crippen LogP contribution in [-0.2, 0) is 6.42 Å². The highest BCUT2D eigenvalue weighted by molar-refractivity contribution is 6.08. The van der Waals surface area contributed by atoms with Gasteiger partial charge in [-0.3, -0.25) is 9.78 Å². The first kappa shape index (κ1) is 12.6. The molecule has 0 atom stereocenters. The van der Waals surface area contributed by atoms with Gasteiger partial charge in [0.1, 0.15) is 5.76 Å². The number of benzene rings is 1. The van der Waals surface area contributed by atoms with Crippen molar-refractivity contribution in [3.63, 3.8) is 0 Å². The van der Waals surface area contributed by atoms with E-state index < -0.39 is 0 Å². The predicted octanol–water partition coefficient (Wildman–Crippen LogP) is 3.93. The van der Waals surface area contributed by atoms with Gasteiger partial charge in [-0.25, -0.2) is 0 Å². The number of aromatic nitrogens is 1. The zero-order valence-electron chi connectivity index (χ0n) is 11.5. The van der Waals surface area contributed by atoms with Crippen LogP contribution in [0.1, 0.15) is 34.5 Å². The van der Waals surface area contributed by atoms with Crippen LogP contribution >= 0.6 is 0 Å². The zero-order valence-corrected chi connectivity index (χ0v) is 11.5. The summed E-state index contributed by atoms with van der Waals surface area (Å²) in [5, 5.41) is 0.962. The second kappa shape index (κ2) is 4.93. The van der Waals surface area contributed by atoms with Crippen LogP contribution in [0.3, 0.4) is 0 Å². The Labute approximate surface area is 117 Å². The first-order chi connectivity index (χ1) is 9.67. The molecule has 0 N–H and O–H groups in total. The van der Waals surface area contributed by atoms with Crippen LogP contribution in [0.2, 0.25) is 0 Å². The summed E-state index contributed by atoms with van der Waals surface area (Å²) in [4.78, 5) is 16.8. The van der Waals surface area contributed by atoms with E-state index in [0.29, 0.717) is 11.3 Å². The molecule has 1 aromatic carbocycles. The van der Waals surface area contributed by atoms with E-state index in [2.05, 4.69) is 4.98 Å².